The normalized spacial score (nSPS) is 9.19. The molecule has 0 spiro atoms. The second kappa shape index (κ2) is 15.4. The third kappa shape index (κ3) is 13.1. The van der Waals surface area contributed by atoms with Crippen molar-refractivity contribution in [3.63, 3.8) is 0 Å². The molecule has 0 aliphatic carbocycles. The first-order valence-electron chi connectivity index (χ1n) is 9.57. The molecule has 0 fully saturated rings. The maximum Gasteiger partial charge on any atom is 0.319 e. The third-order valence-corrected chi connectivity index (χ3v) is 3.98. The van der Waals surface area contributed by atoms with Gasteiger partial charge in [0.15, 0.2) is 0 Å². The lowest BCUT2D eigenvalue weighted by atomic mass is 10.1. The summed E-state index contributed by atoms with van der Waals surface area (Å²) in [5, 5.41) is 0. The van der Waals surface area contributed by atoms with Crippen molar-refractivity contribution in [2.24, 2.45) is 0 Å². The molecule has 0 amide bonds. The van der Waals surface area contributed by atoms with Gasteiger partial charge in [-0.1, -0.05) is 56.2 Å². The molecule has 27 heavy (non-hydrogen) atoms. The van der Waals surface area contributed by atoms with Crippen molar-refractivity contribution in [1.29, 1.82) is 0 Å². The standard InChI is InChI=1S/C24H28O3/c1-3-4-5-13-21-27-24(25)15-12-10-8-6-7-9-11-14-20-26-23-18-16-22(2)17-19-23/h1,16-19H,6-12,14-15,20H2,2H3. The SMILES string of the molecule is C#CC#CC#COC(=O)CCCCCCCCCCOc1ccc(C)cc1. The van der Waals surface area contributed by atoms with Crippen LogP contribution in [0, 0.1) is 43.1 Å². The molecule has 0 unspecified atom stereocenters. The minimum Gasteiger partial charge on any atom is -0.494 e. The summed E-state index contributed by atoms with van der Waals surface area (Å²) in [4.78, 5) is 11.4. The summed E-state index contributed by atoms with van der Waals surface area (Å²) in [7, 11) is 0. The van der Waals surface area contributed by atoms with Crippen LogP contribution in [0.25, 0.3) is 0 Å². The van der Waals surface area contributed by atoms with Crippen LogP contribution in [0.5, 0.6) is 5.75 Å². The lowest BCUT2D eigenvalue weighted by Crippen LogP contribution is -1.99. The number of carbonyl (C=O) groups is 1. The number of esters is 1. The molecular formula is C24H28O3. The van der Waals surface area contributed by atoms with Crippen LogP contribution in [0.15, 0.2) is 24.3 Å². The lowest BCUT2D eigenvalue weighted by molar-refractivity contribution is -0.136. The van der Waals surface area contributed by atoms with Crippen LogP contribution < -0.4 is 4.74 Å². The van der Waals surface area contributed by atoms with Gasteiger partial charge in [-0.25, -0.2) is 0 Å². The van der Waals surface area contributed by atoms with Gasteiger partial charge in [0, 0.05) is 18.3 Å². The Hall–Kier alpha value is -2.83. The minimum absolute atomic E-state index is 0.307. The van der Waals surface area contributed by atoms with E-state index < -0.39 is 0 Å². The Morgan fingerprint density at radius 1 is 0.889 bits per heavy atom. The molecule has 0 aromatic heterocycles. The van der Waals surface area contributed by atoms with Crippen molar-refractivity contribution in [2.45, 2.75) is 64.7 Å². The molecule has 1 aromatic carbocycles. The van der Waals surface area contributed by atoms with Gasteiger partial charge in [0.1, 0.15) is 11.9 Å². The van der Waals surface area contributed by atoms with E-state index >= 15 is 0 Å². The van der Waals surface area contributed by atoms with Gasteiger partial charge in [0.05, 0.1) is 6.61 Å². The molecule has 0 atom stereocenters. The molecule has 3 nitrogen and oxygen atoms in total. The van der Waals surface area contributed by atoms with Gasteiger partial charge in [-0.3, -0.25) is 4.79 Å². The number of terminal acetylenes is 1. The average Bonchev–Trinajstić information content (AvgIpc) is 2.67. The Morgan fingerprint density at radius 2 is 1.52 bits per heavy atom. The van der Waals surface area contributed by atoms with Gasteiger partial charge >= 0.3 is 5.97 Å². The number of rotatable bonds is 12. The number of aryl methyl sites for hydroxylation is 1. The van der Waals surface area contributed by atoms with Gasteiger partial charge in [0.2, 0.25) is 0 Å². The summed E-state index contributed by atoms with van der Waals surface area (Å²) in [5.74, 6) is 9.83. The van der Waals surface area contributed by atoms with Gasteiger partial charge in [-0.05, 0) is 43.7 Å². The fraction of sp³-hybridized carbons (Fsp3) is 0.458. The van der Waals surface area contributed by atoms with Crippen LogP contribution in [0.3, 0.4) is 0 Å². The number of ether oxygens (including phenoxy) is 2. The summed E-state index contributed by atoms with van der Waals surface area (Å²) in [6.45, 7) is 2.85. The second-order valence-electron chi connectivity index (χ2n) is 6.34. The molecule has 0 radical (unpaired) electrons. The molecule has 0 bridgehead atoms. The first-order valence-corrected chi connectivity index (χ1v) is 9.57. The van der Waals surface area contributed by atoms with Crippen LogP contribution in [0.2, 0.25) is 0 Å². The predicted molar refractivity (Wildman–Crippen MR) is 109 cm³/mol. The van der Waals surface area contributed by atoms with Gasteiger partial charge < -0.3 is 9.47 Å². The first kappa shape index (κ1) is 22.2. The summed E-state index contributed by atoms with van der Waals surface area (Å²) < 4.78 is 10.4. The van der Waals surface area contributed by atoms with E-state index in [1.807, 2.05) is 12.1 Å². The van der Waals surface area contributed by atoms with Crippen LogP contribution in [-0.2, 0) is 9.53 Å². The summed E-state index contributed by atoms with van der Waals surface area (Å²) >= 11 is 0. The summed E-state index contributed by atoms with van der Waals surface area (Å²) in [6.07, 6.45) is 16.5. The van der Waals surface area contributed by atoms with E-state index in [9.17, 15) is 4.79 Å². The maximum absolute atomic E-state index is 11.4. The monoisotopic (exact) mass is 364 g/mol. The molecule has 1 aromatic rings. The molecular weight excluding hydrogens is 336 g/mol. The Bertz CT molecular complexity index is 702. The molecule has 0 aliphatic rings. The quantitative estimate of drug-likeness (QED) is 0.297. The van der Waals surface area contributed by atoms with Gasteiger partial charge in [-0.2, -0.15) is 0 Å². The highest BCUT2D eigenvalue weighted by Crippen LogP contribution is 2.13. The zero-order chi connectivity index (χ0) is 19.6. The maximum atomic E-state index is 11.4. The van der Waals surface area contributed by atoms with E-state index in [-0.39, 0.29) is 5.97 Å². The topological polar surface area (TPSA) is 35.5 Å². The number of hydrogen-bond acceptors (Lipinski definition) is 3. The van der Waals surface area contributed by atoms with Gasteiger partial charge in [0.25, 0.3) is 0 Å². The molecule has 0 heterocycles. The van der Waals surface area contributed by atoms with E-state index in [2.05, 4.69) is 48.8 Å². The zero-order valence-corrected chi connectivity index (χ0v) is 16.2. The number of unbranched alkanes of at least 4 members (excludes halogenated alkanes) is 7. The molecule has 0 aliphatic heterocycles. The Labute approximate surface area is 163 Å². The molecule has 142 valence electrons. The second-order valence-corrected chi connectivity index (χ2v) is 6.34. The van der Waals surface area contributed by atoms with E-state index in [0.717, 1.165) is 38.0 Å². The van der Waals surface area contributed by atoms with Crippen LogP contribution in [-0.4, -0.2) is 12.6 Å². The third-order valence-electron chi connectivity index (χ3n) is 3.98. The van der Waals surface area contributed by atoms with E-state index in [1.165, 1.54) is 31.2 Å². The Balaban J connectivity index is 1.87. The Kier molecular flexibility index (Phi) is 12.7. The van der Waals surface area contributed by atoms with Gasteiger partial charge in [-0.15, -0.1) is 6.42 Å². The smallest absolute Gasteiger partial charge is 0.319 e. The molecule has 0 N–H and O–H groups in total. The van der Waals surface area contributed by atoms with Crippen molar-refractivity contribution < 1.29 is 14.3 Å². The van der Waals surface area contributed by atoms with Crippen molar-refractivity contribution in [2.75, 3.05) is 6.61 Å². The highest BCUT2D eigenvalue weighted by atomic mass is 16.5. The number of hydrogen-bond donors (Lipinski definition) is 0. The molecule has 3 heteroatoms. The fourth-order valence-corrected chi connectivity index (χ4v) is 2.48. The average molecular weight is 364 g/mol. The lowest BCUT2D eigenvalue weighted by Gasteiger charge is -2.06. The van der Waals surface area contributed by atoms with Crippen molar-refractivity contribution in [3.8, 4) is 42.0 Å². The number of carbonyl (C=O) groups excluding carboxylic acids is 1. The van der Waals surface area contributed by atoms with E-state index in [4.69, 9.17) is 15.9 Å². The first-order chi connectivity index (χ1) is 13.2. The van der Waals surface area contributed by atoms with Crippen LogP contribution in [0.4, 0.5) is 0 Å². The highest BCUT2D eigenvalue weighted by molar-refractivity contribution is 5.70. The largest absolute Gasteiger partial charge is 0.494 e. The van der Waals surface area contributed by atoms with Crippen LogP contribution >= 0.6 is 0 Å². The van der Waals surface area contributed by atoms with Crippen LogP contribution in [0.1, 0.15) is 63.4 Å². The highest BCUT2D eigenvalue weighted by Gasteiger charge is 2.01. The van der Waals surface area contributed by atoms with E-state index in [1.54, 1.807) is 0 Å². The zero-order valence-electron chi connectivity index (χ0n) is 16.2. The summed E-state index contributed by atoms with van der Waals surface area (Å²) in [5.41, 5.74) is 1.25. The van der Waals surface area contributed by atoms with E-state index in [0.29, 0.717) is 6.42 Å². The fourth-order valence-electron chi connectivity index (χ4n) is 2.48. The minimum atomic E-state index is -0.307. The molecule has 0 saturated carbocycles. The predicted octanol–water partition coefficient (Wildman–Crippen LogP) is 5.03. The van der Waals surface area contributed by atoms with Crippen molar-refractivity contribution in [3.05, 3.63) is 29.8 Å². The Morgan fingerprint density at radius 3 is 2.19 bits per heavy atom. The van der Waals surface area contributed by atoms with Crippen molar-refractivity contribution >= 4 is 5.97 Å². The summed E-state index contributed by atoms with van der Waals surface area (Å²) in [6, 6.07) is 8.17. The molecule has 1 rings (SSSR count). The number of benzene rings is 1. The van der Waals surface area contributed by atoms with Crippen molar-refractivity contribution in [1.82, 2.24) is 0 Å². The molecule has 0 saturated heterocycles.